The van der Waals surface area contributed by atoms with Gasteiger partial charge >= 0.3 is 11.8 Å². The van der Waals surface area contributed by atoms with Gasteiger partial charge in [-0.1, -0.05) is 23.7 Å². The number of ether oxygens (including phenoxy) is 2. The maximum Gasteiger partial charge on any atom is 0.329 e. The first-order chi connectivity index (χ1) is 12.0. The molecule has 0 saturated carbocycles. The maximum absolute atomic E-state index is 12.0. The summed E-state index contributed by atoms with van der Waals surface area (Å²) in [6, 6.07) is 11.6. The molecule has 7 nitrogen and oxygen atoms in total. The van der Waals surface area contributed by atoms with Crippen molar-refractivity contribution in [2.45, 2.75) is 0 Å². The number of hydrogen-bond donors (Lipinski definition) is 2. The van der Waals surface area contributed by atoms with E-state index in [9.17, 15) is 9.59 Å². The Hall–Kier alpha value is -3.06. The van der Waals surface area contributed by atoms with Crippen LogP contribution < -0.4 is 20.2 Å². The van der Waals surface area contributed by atoms with E-state index in [0.29, 0.717) is 22.2 Å². The minimum atomic E-state index is -0.921. The Kier molecular flexibility index (Phi) is 6.36. The van der Waals surface area contributed by atoms with Crippen LogP contribution in [0, 0.1) is 0 Å². The Morgan fingerprint density at radius 3 is 2.40 bits per heavy atom. The van der Waals surface area contributed by atoms with Gasteiger partial charge in [-0.05, 0) is 29.8 Å². The lowest BCUT2D eigenvalue weighted by Gasteiger charge is -2.11. The van der Waals surface area contributed by atoms with Gasteiger partial charge in [0.1, 0.15) is 11.5 Å². The summed E-state index contributed by atoms with van der Waals surface area (Å²) < 4.78 is 10.2. The van der Waals surface area contributed by atoms with E-state index < -0.39 is 11.8 Å². The first kappa shape index (κ1) is 18.3. The maximum atomic E-state index is 12.0. The van der Waals surface area contributed by atoms with Crippen LogP contribution in [0.3, 0.4) is 0 Å². The zero-order valence-corrected chi connectivity index (χ0v) is 14.3. The molecular formula is C17H16ClN3O4. The van der Waals surface area contributed by atoms with E-state index in [1.165, 1.54) is 20.4 Å². The van der Waals surface area contributed by atoms with Crippen molar-refractivity contribution in [2.24, 2.45) is 5.10 Å². The second-order valence-electron chi connectivity index (χ2n) is 4.77. The lowest BCUT2D eigenvalue weighted by Crippen LogP contribution is -2.32. The normalized spacial score (nSPS) is 10.4. The Morgan fingerprint density at radius 1 is 1.04 bits per heavy atom. The van der Waals surface area contributed by atoms with E-state index in [2.05, 4.69) is 15.8 Å². The number of nitrogens with one attached hydrogen (secondary N) is 2. The summed E-state index contributed by atoms with van der Waals surface area (Å²) in [5.41, 5.74) is 3.18. The van der Waals surface area contributed by atoms with Gasteiger partial charge in [-0.2, -0.15) is 5.10 Å². The van der Waals surface area contributed by atoms with Crippen LogP contribution in [0.2, 0.25) is 5.02 Å². The number of nitrogens with zero attached hydrogens (tertiary/aromatic N) is 1. The standard InChI is InChI=1S/C17H16ClN3O4/c1-24-13-7-8-15(25-2)14(9-13)20-16(22)17(23)21-19-10-11-3-5-12(18)6-4-11/h3-10H,1-2H3,(H,20,22)(H,21,23). The smallest absolute Gasteiger partial charge is 0.329 e. The second-order valence-corrected chi connectivity index (χ2v) is 5.21. The molecule has 25 heavy (non-hydrogen) atoms. The van der Waals surface area contributed by atoms with Crippen molar-refractivity contribution in [3.8, 4) is 11.5 Å². The van der Waals surface area contributed by atoms with Gasteiger partial charge in [0.2, 0.25) is 0 Å². The van der Waals surface area contributed by atoms with E-state index in [1.54, 1.807) is 42.5 Å². The summed E-state index contributed by atoms with van der Waals surface area (Å²) in [6.45, 7) is 0. The summed E-state index contributed by atoms with van der Waals surface area (Å²) in [7, 11) is 2.94. The number of anilines is 1. The number of rotatable bonds is 5. The highest BCUT2D eigenvalue weighted by Gasteiger charge is 2.16. The van der Waals surface area contributed by atoms with Crippen LogP contribution in [0.25, 0.3) is 0 Å². The monoisotopic (exact) mass is 361 g/mol. The number of methoxy groups -OCH3 is 2. The number of carbonyl (C=O) groups excluding carboxylic acids is 2. The molecule has 0 aliphatic heterocycles. The van der Waals surface area contributed by atoms with Crippen LogP contribution in [-0.4, -0.2) is 32.2 Å². The predicted octanol–water partition coefficient (Wildman–Crippen LogP) is 2.45. The van der Waals surface area contributed by atoms with Gasteiger partial charge in [-0.15, -0.1) is 0 Å². The number of amides is 2. The van der Waals surface area contributed by atoms with E-state index in [0.717, 1.165) is 5.56 Å². The fraction of sp³-hybridized carbons (Fsp3) is 0.118. The average molecular weight is 362 g/mol. The highest BCUT2D eigenvalue weighted by atomic mass is 35.5. The van der Waals surface area contributed by atoms with E-state index >= 15 is 0 Å². The van der Waals surface area contributed by atoms with Crippen molar-refractivity contribution in [1.82, 2.24) is 5.43 Å². The molecule has 0 aromatic heterocycles. The highest BCUT2D eigenvalue weighted by Crippen LogP contribution is 2.28. The molecule has 2 aromatic rings. The molecule has 2 amide bonds. The minimum Gasteiger partial charge on any atom is -0.497 e. The van der Waals surface area contributed by atoms with Crippen molar-refractivity contribution < 1.29 is 19.1 Å². The third-order valence-corrected chi connectivity index (χ3v) is 3.36. The van der Waals surface area contributed by atoms with Crippen molar-refractivity contribution in [2.75, 3.05) is 19.5 Å². The van der Waals surface area contributed by atoms with Gasteiger partial charge in [0.15, 0.2) is 0 Å². The number of benzene rings is 2. The summed E-state index contributed by atoms with van der Waals surface area (Å²) >= 11 is 5.77. The minimum absolute atomic E-state index is 0.309. The SMILES string of the molecule is COc1ccc(OC)c(NC(=O)C(=O)NN=Cc2ccc(Cl)cc2)c1. The molecular weight excluding hydrogens is 346 g/mol. The average Bonchev–Trinajstić information content (AvgIpc) is 2.63. The summed E-state index contributed by atoms with van der Waals surface area (Å²) in [6.07, 6.45) is 1.40. The fourth-order valence-corrected chi connectivity index (χ4v) is 1.98. The number of halogens is 1. The van der Waals surface area contributed by atoms with Gasteiger partial charge < -0.3 is 14.8 Å². The van der Waals surface area contributed by atoms with E-state index in [-0.39, 0.29) is 0 Å². The molecule has 0 fully saturated rings. The van der Waals surface area contributed by atoms with Gasteiger partial charge in [-0.25, -0.2) is 5.43 Å². The van der Waals surface area contributed by atoms with E-state index in [1.807, 2.05) is 0 Å². The lowest BCUT2D eigenvalue weighted by atomic mass is 10.2. The van der Waals surface area contributed by atoms with Crippen molar-refractivity contribution in [3.63, 3.8) is 0 Å². The largest absolute Gasteiger partial charge is 0.497 e. The molecule has 0 unspecified atom stereocenters. The highest BCUT2D eigenvalue weighted by molar-refractivity contribution is 6.39. The first-order valence-corrected chi connectivity index (χ1v) is 7.53. The Morgan fingerprint density at radius 2 is 1.76 bits per heavy atom. The number of hydrazone groups is 1. The molecule has 130 valence electrons. The zero-order valence-electron chi connectivity index (χ0n) is 13.6. The first-order valence-electron chi connectivity index (χ1n) is 7.15. The molecule has 0 spiro atoms. The second kappa shape index (κ2) is 8.70. The molecule has 0 saturated heterocycles. The van der Waals surface area contributed by atoms with E-state index in [4.69, 9.17) is 21.1 Å². The molecule has 2 aromatic carbocycles. The predicted molar refractivity (Wildman–Crippen MR) is 95.4 cm³/mol. The number of hydrogen-bond acceptors (Lipinski definition) is 5. The molecule has 0 heterocycles. The van der Waals surface area contributed by atoms with Crippen LogP contribution in [0.15, 0.2) is 47.6 Å². The van der Waals surface area contributed by atoms with Crippen LogP contribution in [-0.2, 0) is 9.59 Å². The zero-order chi connectivity index (χ0) is 18.2. The number of carbonyl (C=O) groups is 2. The summed E-state index contributed by atoms with van der Waals surface area (Å²) in [5.74, 6) is -0.904. The van der Waals surface area contributed by atoms with Crippen LogP contribution >= 0.6 is 11.6 Å². The van der Waals surface area contributed by atoms with Gasteiger partial charge in [0.05, 0.1) is 26.1 Å². The third kappa shape index (κ3) is 5.22. The Labute approximate surface area is 149 Å². The quantitative estimate of drug-likeness (QED) is 0.486. The molecule has 0 bridgehead atoms. The third-order valence-electron chi connectivity index (χ3n) is 3.11. The Balaban J connectivity index is 1.98. The molecule has 0 radical (unpaired) electrons. The lowest BCUT2D eigenvalue weighted by molar-refractivity contribution is -0.136. The molecule has 2 rings (SSSR count). The van der Waals surface area contributed by atoms with Crippen LogP contribution in [0.1, 0.15) is 5.56 Å². The van der Waals surface area contributed by atoms with Crippen molar-refractivity contribution in [1.29, 1.82) is 0 Å². The Bertz CT molecular complexity index is 791. The van der Waals surface area contributed by atoms with Gasteiger partial charge in [0, 0.05) is 11.1 Å². The van der Waals surface area contributed by atoms with Crippen LogP contribution in [0.5, 0.6) is 11.5 Å². The van der Waals surface area contributed by atoms with Crippen LogP contribution in [0.4, 0.5) is 5.69 Å². The molecule has 0 aliphatic rings. The molecule has 0 aliphatic carbocycles. The molecule has 8 heteroatoms. The summed E-state index contributed by atoms with van der Waals surface area (Å²) in [5, 5.41) is 6.76. The fourth-order valence-electron chi connectivity index (χ4n) is 1.86. The van der Waals surface area contributed by atoms with Gasteiger partial charge in [-0.3, -0.25) is 9.59 Å². The van der Waals surface area contributed by atoms with Gasteiger partial charge in [0.25, 0.3) is 0 Å². The molecule has 0 atom stereocenters. The molecule has 2 N–H and O–H groups in total. The van der Waals surface area contributed by atoms with Crippen molar-refractivity contribution >= 4 is 35.3 Å². The topological polar surface area (TPSA) is 89.0 Å². The summed E-state index contributed by atoms with van der Waals surface area (Å²) in [4.78, 5) is 23.8. The van der Waals surface area contributed by atoms with Crippen molar-refractivity contribution in [3.05, 3.63) is 53.1 Å².